The number of esters is 1. The molecular weight excluding hydrogens is 576 g/mol. The molecule has 238 valence electrons. The monoisotopic (exact) mass is 622 g/mol. The van der Waals surface area contributed by atoms with Crippen molar-refractivity contribution < 1.29 is 24.5 Å². The standard InChI is InChI=1S/C34H46N4O5S/c1-33(2,3)23-15-22(31(41)25(17-23)34(4,5)6)19-36-14-13-35-18-21-16-24(11-12-27(21)39)43-29(40)10-8-7-9-28-30-26(20-44-28)37-32(42)38-30/h11-12,15-19,26,28,30,39,41H,7-10,13-14,20H2,1-6H3,(H2,37,38,42)/t26-,28-,30-/m0/s1. The number of urea groups is 1. The number of hydrogen-bond acceptors (Lipinski definition) is 8. The van der Waals surface area contributed by atoms with E-state index in [-0.39, 0.29) is 46.4 Å². The SMILES string of the molecule is CC(C)(C)c1cc(C=NCCN=Cc2cc(OC(=O)CCCC[C@@H]3SC[C@@H]4NC(=O)N[C@@H]43)ccc2O)c(O)c(C(C)(C)C)c1. The third-order valence-electron chi connectivity index (χ3n) is 7.92. The number of unbranched alkanes of at least 4 members (excludes halogenated alkanes) is 1. The molecule has 2 saturated heterocycles. The van der Waals surface area contributed by atoms with Crippen LogP contribution in [0, 0.1) is 0 Å². The van der Waals surface area contributed by atoms with Crippen LogP contribution >= 0.6 is 11.8 Å². The van der Waals surface area contributed by atoms with Crippen LogP contribution in [0.5, 0.6) is 17.2 Å². The van der Waals surface area contributed by atoms with E-state index in [0.29, 0.717) is 48.1 Å². The summed E-state index contributed by atoms with van der Waals surface area (Å²) in [7, 11) is 0. The van der Waals surface area contributed by atoms with Gasteiger partial charge in [-0.15, -0.1) is 0 Å². The molecule has 2 aliphatic heterocycles. The molecule has 2 aromatic rings. The first-order valence-corrected chi connectivity index (χ1v) is 16.4. The summed E-state index contributed by atoms with van der Waals surface area (Å²) in [6, 6.07) is 8.99. The molecule has 10 heteroatoms. The number of fused-ring (bicyclic) bond motifs is 1. The van der Waals surface area contributed by atoms with Crippen molar-refractivity contribution in [1.29, 1.82) is 0 Å². The number of hydrogen-bond donors (Lipinski definition) is 4. The van der Waals surface area contributed by atoms with Gasteiger partial charge in [-0.25, -0.2) is 4.79 Å². The van der Waals surface area contributed by atoms with Crippen LogP contribution in [0.25, 0.3) is 0 Å². The Kier molecular flexibility index (Phi) is 10.7. The zero-order valence-electron chi connectivity index (χ0n) is 26.6. The van der Waals surface area contributed by atoms with Crippen LogP contribution in [0.4, 0.5) is 4.79 Å². The van der Waals surface area contributed by atoms with Crippen molar-refractivity contribution >= 4 is 36.2 Å². The van der Waals surface area contributed by atoms with Crippen LogP contribution in [0.1, 0.15) is 89.5 Å². The lowest BCUT2D eigenvalue weighted by Gasteiger charge is -2.26. The summed E-state index contributed by atoms with van der Waals surface area (Å²) in [5.41, 5.74) is 2.87. The molecule has 9 nitrogen and oxygen atoms in total. The van der Waals surface area contributed by atoms with Gasteiger partial charge in [-0.2, -0.15) is 11.8 Å². The third kappa shape index (κ3) is 8.77. The smallest absolute Gasteiger partial charge is 0.315 e. The van der Waals surface area contributed by atoms with Crippen LogP contribution in [0.15, 0.2) is 40.3 Å². The summed E-state index contributed by atoms with van der Waals surface area (Å²) < 4.78 is 5.51. The molecule has 2 fully saturated rings. The lowest BCUT2D eigenvalue weighted by Crippen LogP contribution is -2.36. The minimum absolute atomic E-state index is 0.0385. The van der Waals surface area contributed by atoms with E-state index < -0.39 is 0 Å². The molecule has 0 unspecified atom stereocenters. The van der Waals surface area contributed by atoms with Gasteiger partial charge < -0.3 is 25.6 Å². The van der Waals surface area contributed by atoms with Crippen LogP contribution in [-0.2, 0) is 15.6 Å². The second kappa shape index (κ2) is 14.1. The summed E-state index contributed by atoms with van der Waals surface area (Å²) >= 11 is 1.87. The van der Waals surface area contributed by atoms with E-state index in [1.54, 1.807) is 24.6 Å². The summed E-state index contributed by atoms with van der Waals surface area (Å²) in [5.74, 6) is 1.23. The molecule has 0 radical (unpaired) electrons. The molecule has 0 saturated carbocycles. The number of phenolic OH excluding ortho intramolecular Hbond substituents is 2. The van der Waals surface area contributed by atoms with Gasteiger partial charge in [0.15, 0.2) is 0 Å². The van der Waals surface area contributed by atoms with E-state index in [2.05, 4.69) is 68.2 Å². The van der Waals surface area contributed by atoms with E-state index in [4.69, 9.17) is 4.74 Å². The molecule has 2 amide bonds. The summed E-state index contributed by atoms with van der Waals surface area (Å²) in [4.78, 5) is 32.8. The number of ether oxygens (including phenoxy) is 1. The van der Waals surface area contributed by atoms with Gasteiger partial charge in [-0.1, -0.05) is 54.0 Å². The second-order valence-electron chi connectivity index (χ2n) is 13.6. The molecule has 4 rings (SSSR count). The quantitative estimate of drug-likeness (QED) is 0.0816. The number of aliphatic imine (C=N–C) groups is 2. The van der Waals surface area contributed by atoms with Crippen molar-refractivity contribution in [3.63, 3.8) is 0 Å². The van der Waals surface area contributed by atoms with Crippen molar-refractivity contribution in [2.75, 3.05) is 18.8 Å². The van der Waals surface area contributed by atoms with Gasteiger partial charge in [-0.3, -0.25) is 14.8 Å². The first-order chi connectivity index (χ1) is 20.7. The Morgan fingerprint density at radius 1 is 0.977 bits per heavy atom. The lowest BCUT2D eigenvalue weighted by atomic mass is 9.79. The van der Waals surface area contributed by atoms with Gasteiger partial charge in [0.25, 0.3) is 0 Å². The maximum Gasteiger partial charge on any atom is 0.315 e. The molecule has 2 aliphatic rings. The predicted molar refractivity (Wildman–Crippen MR) is 178 cm³/mol. The predicted octanol–water partition coefficient (Wildman–Crippen LogP) is 5.86. The first kappa shape index (κ1) is 33.4. The maximum atomic E-state index is 12.4. The number of thioether (sulfide) groups is 1. The Hall–Kier alpha value is -3.53. The highest BCUT2D eigenvalue weighted by atomic mass is 32.2. The first-order valence-electron chi connectivity index (χ1n) is 15.3. The number of phenols is 2. The molecule has 0 aliphatic carbocycles. The fraction of sp³-hybridized carbons (Fsp3) is 0.529. The zero-order chi connectivity index (χ0) is 32.1. The van der Waals surface area contributed by atoms with Gasteiger partial charge in [0.05, 0.1) is 25.2 Å². The van der Waals surface area contributed by atoms with Crippen LogP contribution in [0.3, 0.4) is 0 Å². The molecule has 44 heavy (non-hydrogen) atoms. The van der Waals surface area contributed by atoms with Crippen molar-refractivity contribution in [2.45, 2.75) is 95.4 Å². The van der Waals surface area contributed by atoms with Gasteiger partial charge >= 0.3 is 12.0 Å². The average molecular weight is 623 g/mol. The number of benzene rings is 2. The Morgan fingerprint density at radius 2 is 1.68 bits per heavy atom. The molecular formula is C34H46N4O5S. The number of rotatable bonds is 11. The van der Waals surface area contributed by atoms with Crippen LogP contribution < -0.4 is 15.4 Å². The zero-order valence-corrected chi connectivity index (χ0v) is 27.5. The molecule has 3 atom stereocenters. The van der Waals surface area contributed by atoms with Gasteiger partial charge in [0, 0.05) is 46.5 Å². The van der Waals surface area contributed by atoms with E-state index in [0.717, 1.165) is 29.7 Å². The highest BCUT2D eigenvalue weighted by molar-refractivity contribution is 8.00. The molecule has 0 spiro atoms. The van der Waals surface area contributed by atoms with Gasteiger partial charge in [0.2, 0.25) is 0 Å². The topological polar surface area (TPSA) is 133 Å². The third-order valence-corrected chi connectivity index (χ3v) is 9.43. The van der Waals surface area contributed by atoms with E-state index in [9.17, 15) is 19.8 Å². The maximum absolute atomic E-state index is 12.4. The fourth-order valence-corrected chi connectivity index (χ4v) is 6.88. The second-order valence-corrected chi connectivity index (χ2v) is 14.9. The number of amides is 2. The minimum atomic E-state index is -0.325. The molecule has 2 aromatic carbocycles. The van der Waals surface area contributed by atoms with Gasteiger partial charge in [-0.05, 0) is 53.5 Å². The van der Waals surface area contributed by atoms with Crippen LogP contribution in [-0.4, -0.2) is 70.8 Å². The van der Waals surface area contributed by atoms with E-state index >= 15 is 0 Å². The largest absolute Gasteiger partial charge is 0.507 e. The summed E-state index contributed by atoms with van der Waals surface area (Å²) in [5, 5.41) is 27.5. The van der Waals surface area contributed by atoms with E-state index in [1.807, 2.05) is 17.8 Å². The normalized spacial score (nSPS) is 20.2. The van der Waals surface area contributed by atoms with Crippen molar-refractivity contribution in [3.8, 4) is 17.2 Å². The van der Waals surface area contributed by atoms with E-state index in [1.165, 1.54) is 6.07 Å². The average Bonchev–Trinajstić information content (AvgIpc) is 3.48. The molecule has 4 N–H and O–H groups in total. The Labute approximate surface area is 265 Å². The Bertz CT molecular complexity index is 1410. The van der Waals surface area contributed by atoms with Gasteiger partial charge in [0.1, 0.15) is 17.2 Å². The summed E-state index contributed by atoms with van der Waals surface area (Å²) in [6.45, 7) is 13.5. The molecule has 0 aromatic heterocycles. The number of carbonyl (C=O) groups excluding carboxylic acids is 2. The number of nitrogens with one attached hydrogen (secondary N) is 2. The number of aromatic hydroxyl groups is 2. The van der Waals surface area contributed by atoms with Crippen LogP contribution in [0.2, 0.25) is 0 Å². The molecule has 0 bridgehead atoms. The summed E-state index contributed by atoms with van der Waals surface area (Å²) in [6.07, 6.45) is 6.05. The minimum Gasteiger partial charge on any atom is -0.507 e. The van der Waals surface area contributed by atoms with Crippen molar-refractivity contribution in [1.82, 2.24) is 10.6 Å². The Balaban J connectivity index is 1.25. The van der Waals surface area contributed by atoms with Crippen molar-refractivity contribution in [2.24, 2.45) is 9.98 Å². The highest BCUT2D eigenvalue weighted by Crippen LogP contribution is 2.37. The molecule has 2 heterocycles. The lowest BCUT2D eigenvalue weighted by molar-refractivity contribution is -0.134. The fourth-order valence-electron chi connectivity index (χ4n) is 5.34. The van der Waals surface area contributed by atoms with Crippen molar-refractivity contribution in [3.05, 3.63) is 52.6 Å². The number of nitrogens with zero attached hydrogens (tertiary/aromatic N) is 2. The highest BCUT2D eigenvalue weighted by Gasteiger charge is 2.42. The Morgan fingerprint density at radius 3 is 2.36 bits per heavy atom. The number of carbonyl (C=O) groups is 2.